The molecular weight excluding hydrogens is 311 g/mol. The Bertz CT molecular complexity index is 576. The van der Waals surface area contributed by atoms with E-state index in [0.717, 1.165) is 0 Å². The van der Waals surface area contributed by atoms with Crippen molar-refractivity contribution in [3.63, 3.8) is 0 Å². The van der Waals surface area contributed by atoms with Crippen LogP contribution in [0.1, 0.15) is 0 Å². The second-order valence-electron chi connectivity index (χ2n) is 3.94. The fourth-order valence-corrected chi connectivity index (χ4v) is 2.40. The number of nitrogens with zero attached hydrogens (tertiary/aromatic N) is 1. The highest BCUT2D eigenvalue weighted by atomic mass is 35.5. The highest BCUT2D eigenvalue weighted by Crippen LogP contribution is 2.27. The summed E-state index contributed by atoms with van der Waals surface area (Å²) in [7, 11) is -0.945. The van der Waals surface area contributed by atoms with Crippen LogP contribution in [0.3, 0.4) is 0 Å². The summed E-state index contributed by atoms with van der Waals surface area (Å²) in [5.41, 5.74) is 6.36. The van der Waals surface area contributed by atoms with Crippen LogP contribution in [0, 0.1) is 0 Å². The van der Waals surface area contributed by atoms with Crippen LogP contribution in [0.4, 0.5) is 0 Å². The largest absolute Gasteiger partial charge is 0.473 e. The number of hydrogen-bond donors (Lipinski definition) is 1. The van der Waals surface area contributed by atoms with Gasteiger partial charge in [-0.1, -0.05) is 11.6 Å². The summed E-state index contributed by atoms with van der Waals surface area (Å²) < 4.78 is 21.5. The molecule has 2 aromatic rings. The fraction of sp³-hybridized carbons (Fsp3) is 0.364. The highest BCUT2D eigenvalue weighted by Gasteiger charge is 2.12. The number of benzene rings is 1. The molecule has 0 aliphatic rings. The summed E-state index contributed by atoms with van der Waals surface area (Å²) in [6.07, 6.45) is 1.60. The van der Waals surface area contributed by atoms with Gasteiger partial charge in [-0.25, -0.2) is 0 Å². The molecule has 0 amide bonds. The zero-order valence-corrected chi connectivity index (χ0v) is 12.6. The Morgan fingerprint density at radius 3 is 3.00 bits per heavy atom. The number of halogens is 2. The van der Waals surface area contributed by atoms with Crippen LogP contribution < -0.4 is 10.5 Å². The molecule has 19 heavy (non-hydrogen) atoms. The van der Waals surface area contributed by atoms with Crippen molar-refractivity contribution in [2.24, 2.45) is 5.73 Å². The van der Waals surface area contributed by atoms with Crippen molar-refractivity contribution in [1.29, 1.82) is 0 Å². The molecule has 2 N–H and O–H groups in total. The third-order valence-corrected chi connectivity index (χ3v) is 3.41. The molecule has 1 unspecified atom stereocenters. The van der Waals surface area contributed by atoms with Crippen LogP contribution in [0.15, 0.2) is 22.7 Å². The lowest BCUT2D eigenvalue weighted by molar-refractivity contribution is 0.269. The summed E-state index contributed by atoms with van der Waals surface area (Å²) in [5, 5.41) is 5.08. The zero-order valence-electron chi connectivity index (χ0n) is 10.2. The molecule has 2 rings (SSSR count). The van der Waals surface area contributed by atoms with Gasteiger partial charge < -0.3 is 15.0 Å². The van der Waals surface area contributed by atoms with Crippen molar-refractivity contribution < 1.29 is 13.5 Å². The molecule has 0 radical (unpaired) electrons. The SMILES string of the molecule is CS(=O)C[C@H](N)COc1noc2ccc(Cl)cc12.Cl. The average molecular weight is 325 g/mol. The molecule has 0 aliphatic carbocycles. The molecule has 2 atom stereocenters. The molecule has 0 spiro atoms. The Balaban J connectivity index is 0.00000180. The topological polar surface area (TPSA) is 78.4 Å². The predicted octanol–water partition coefficient (Wildman–Crippen LogP) is 1.99. The summed E-state index contributed by atoms with van der Waals surface area (Å²) in [4.78, 5) is 0. The van der Waals surface area contributed by atoms with Crippen LogP contribution >= 0.6 is 24.0 Å². The minimum Gasteiger partial charge on any atom is -0.473 e. The fourth-order valence-electron chi connectivity index (χ4n) is 1.53. The van der Waals surface area contributed by atoms with Crippen molar-refractivity contribution in [2.75, 3.05) is 18.6 Å². The van der Waals surface area contributed by atoms with E-state index >= 15 is 0 Å². The van der Waals surface area contributed by atoms with Crippen molar-refractivity contribution in [1.82, 2.24) is 5.16 Å². The van der Waals surface area contributed by atoms with E-state index in [9.17, 15) is 4.21 Å². The van der Waals surface area contributed by atoms with Gasteiger partial charge in [0.25, 0.3) is 5.88 Å². The molecule has 1 aromatic carbocycles. The number of ether oxygens (including phenoxy) is 1. The molecule has 0 aliphatic heterocycles. The molecule has 1 heterocycles. The van der Waals surface area contributed by atoms with Gasteiger partial charge in [-0.3, -0.25) is 4.21 Å². The van der Waals surface area contributed by atoms with Gasteiger partial charge in [0.05, 0.1) is 11.4 Å². The summed E-state index contributed by atoms with van der Waals surface area (Å²) in [6.45, 7) is 0.230. The Labute approximate surface area is 124 Å². The predicted molar refractivity (Wildman–Crippen MR) is 78.7 cm³/mol. The number of aromatic nitrogens is 1. The Morgan fingerprint density at radius 2 is 2.32 bits per heavy atom. The van der Waals surface area contributed by atoms with Crippen molar-refractivity contribution in [3.05, 3.63) is 23.2 Å². The maximum atomic E-state index is 11.0. The van der Waals surface area contributed by atoms with E-state index in [1.54, 1.807) is 24.5 Å². The van der Waals surface area contributed by atoms with Crippen LogP contribution in [0.2, 0.25) is 5.02 Å². The number of hydrogen-bond acceptors (Lipinski definition) is 5. The molecule has 0 bridgehead atoms. The van der Waals surface area contributed by atoms with Gasteiger partial charge in [0.1, 0.15) is 6.61 Å². The standard InChI is InChI=1S/C11H13ClN2O3S.ClH/c1-18(15)6-8(13)5-16-11-9-4-7(12)2-3-10(9)17-14-11;/h2-4,8H,5-6,13H2,1H3;1H/t8-,18?;/m1./s1. The Hall–Kier alpha value is -0.820. The van der Waals surface area contributed by atoms with Gasteiger partial charge in [-0.05, 0) is 23.4 Å². The average Bonchev–Trinajstić information content (AvgIpc) is 2.68. The molecule has 0 saturated heterocycles. The lowest BCUT2D eigenvalue weighted by Crippen LogP contribution is -2.33. The van der Waals surface area contributed by atoms with Crippen LogP contribution in [-0.4, -0.2) is 34.0 Å². The molecule has 106 valence electrons. The minimum atomic E-state index is -0.945. The molecule has 1 aromatic heterocycles. The monoisotopic (exact) mass is 324 g/mol. The van der Waals surface area contributed by atoms with Crippen LogP contribution in [0.5, 0.6) is 5.88 Å². The van der Waals surface area contributed by atoms with Gasteiger partial charge in [0.2, 0.25) is 0 Å². The molecular formula is C11H14Cl2N2O3S. The van der Waals surface area contributed by atoms with E-state index in [-0.39, 0.29) is 25.1 Å². The zero-order chi connectivity index (χ0) is 13.1. The van der Waals surface area contributed by atoms with E-state index in [4.69, 9.17) is 26.6 Å². The van der Waals surface area contributed by atoms with Gasteiger partial charge >= 0.3 is 0 Å². The number of nitrogens with two attached hydrogens (primary N) is 1. The van der Waals surface area contributed by atoms with Gasteiger partial charge in [-0.2, -0.15) is 0 Å². The Morgan fingerprint density at radius 1 is 1.58 bits per heavy atom. The normalized spacial score (nSPS) is 13.8. The second-order valence-corrected chi connectivity index (χ2v) is 5.86. The first-order valence-electron chi connectivity index (χ1n) is 5.29. The van der Waals surface area contributed by atoms with Crippen molar-refractivity contribution in [3.8, 4) is 5.88 Å². The summed E-state index contributed by atoms with van der Waals surface area (Å²) in [5.74, 6) is 0.737. The lowest BCUT2D eigenvalue weighted by Gasteiger charge is -2.09. The van der Waals surface area contributed by atoms with E-state index in [0.29, 0.717) is 27.6 Å². The van der Waals surface area contributed by atoms with E-state index in [2.05, 4.69) is 5.16 Å². The maximum Gasteiger partial charge on any atom is 0.262 e. The summed E-state index contributed by atoms with van der Waals surface area (Å²) in [6, 6.07) is 4.84. The van der Waals surface area contributed by atoms with Crippen LogP contribution in [-0.2, 0) is 10.8 Å². The van der Waals surface area contributed by atoms with Gasteiger partial charge in [0, 0.05) is 27.8 Å². The highest BCUT2D eigenvalue weighted by molar-refractivity contribution is 7.84. The maximum absolute atomic E-state index is 11.0. The van der Waals surface area contributed by atoms with E-state index < -0.39 is 10.8 Å². The summed E-state index contributed by atoms with van der Waals surface area (Å²) >= 11 is 5.89. The lowest BCUT2D eigenvalue weighted by atomic mass is 10.2. The minimum absolute atomic E-state index is 0. The van der Waals surface area contributed by atoms with Crippen LogP contribution in [0.25, 0.3) is 11.0 Å². The third-order valence-electron chi connectivity index (χ3n) is 2.28. The van der Waals surface area contributed by atoms with Crippen molar-refractivity contribution in [2.45, 2.75) is 6.04 Å². The Kier molecular flexibility index (Phi) is 6.06. The quantitative estimate of drug-likeness (QED) is 0.909. The molecule has 5 nitrogen and oxygen atoms in total. The molecule has 0 fully saturated rings. The second kappa shape index (κ2) is 7.09. The van der Waals surface area contributed by atoms with E-state index in [1.165, 1.54) is 0 Å². The number of rotatable bonds is 5. The molecule has 0 saturated carbocycles. The van der Waals surface area contributed by atoms with Crippen molar-refractivity contribution >= 4 is 45.8 Å². The van der Waals surface area contributed by atoms with Gasteiger partial charge in [-0.15, -0.1) is 12.4 Å². The molecule has 8 heteroatoms. The van der Waals surface area contributed by atoms with Gasteiger partial charge in [0.15, 0.2) is 5.58 Å². The van der Waals surface area contributed by atoms with E-state index in [1.807, 2.05) is 0 Å². The number of fused-ring (bicyclic) bond motifs is 1. The first-order valence-corrected chi connectivity index (χ1v) is 7.40. The first kappa shape index (κ1) is 16.2. The third kappa shape index (κ3) is 4.35. The smallest absolute Gasteiger partial charge is 0.262 e. The first-order chi connectivity index (χ1) is 8.56.